The number of aliphatic hydroxyl groups is 1. The molecule has 0 saturated carbocycles. The zero-order valence-corrected chi connectivity index (χ0v) is 22.9. The molecule has 4 aliphatic rings. The minimum atomic E-state index is -0.593. The van der Waals surface area contributed by atoms with Crippen molar-refractivity contribution in [1.82, 2.24) is 20.4 Å². The van der Waals surface area contributed by atoms with E-state index in [9.17, 15) is 14.4 Å². The lowest BCUT2D eigenvalue weighted by Crippen LogP contribution is -2.55. The molecule has 3 N–H and O–H groups in total. The van der Waals surface area contributed by atoms with Crippen LogP contribution in [0, 0.1) is 11.8 Å². The Balaban J connectivity index is 1.52. The minimum Gasteiger partial charge on any atom is -0.396 e. The van der Waals surface area contributed by atoms with Gasteiger partial charge in [-0.1, -0.05) is 22.9 Å². The second-order valence-corrected chi connectivity index (χ2v) is 12.7. The van der Waals surface area contributed by atoms with Crippen LogP contribution in [0.2, 0.25) is 0 Å². The van der Waals surface area contributed by atoms with Crippen LogP contribution >= 0.6 is 27.7 Å². The van der Waals surface area contributed by atoms with Gasteiger partial charge in [-0.25, -0.2) is 0 Å². The Morgan fingerprint density at radius 3 is 2.60 bits per heavy atom. The molecule has 9 nitrogen and oxygen atoms in total. The summed E-state index contributed by atoms with van der Waals surface area (Å²) in [5.74, 6) is -1.14. The lowest BCUT2D eigenvalue weighted by atomic mass is 9.70. The fourth-order valence-corrected chi connectivity index (χ4v) is 9.78. The van der Waals surface area contributed by atoms with E-state index in [0.29, 0.717) is 45.7 Å². The summed E-state index contributed by atoms with van der Waals surface area (Å²) in [7, 11) is 0. The highest BCUT2D eigenvalue weighted by atomic mass is 79.9. The maximum Gasteiger partial charge on any atom is 0.244 e. The first-order chi connectivity index (χ1) is 16.9. The molecule has 4 fully saturated rings. The highest BCUT2D eigenvalue weighted by Gasteiger charge is 2.75. The molecule has 35 heavy (non-hydrogen) atoms. The smallest absolute Gasteiger partial charge is 0.244 e. The van der Waals surface area contributed by atoms with E-state index >= 15 is 0 Å². The van der Waals surface area contributed by atoms with Crippen molar-refractivity contribution in [3.8, 4) is 0 Å². The molecule has 3 amide bonds. The largest absolute Gasteiger partial charge is 0.396 e. The van der Waals surface area contributed by atoms with Crippen molar-refractivity contribution in [2.45, 2.75) is 59.9 Å². The van der Waals surface area contributed by atoms with Gasteiger partial charge in [-0.15, -0.1) is 11.8 Å². The number of amides is 3. The van der Waals surface area contributed by atoms with Gasteiger partial charge in [0.15, 0.2) is 0 Å². The summed E-state index contributed by atoms with van der Waals surface area (Å²) >= 11 is 5.47. The molecule has 4 saturated heterocycles. The zero-order valence-electron chi connectivity index (χ0n) is 20.5. The van der Waals surface area contributed by atoms with Crippen LogP contribution < -0.4 is 10.6 Å². The fraction of sp³-hybridized carbons (Fsp3) is 0.875. The summed E-state index contributed by atoms with van der Waals surface area (Å²) in [6.45, 7) is 7.61. The van der Waals surface area contributed by atoms with Gasteiger partial charge in [0, 0.05) is 56.0 Å². The number of fused-ring (bicyclic) bond motifs is 1. The predicted octanol–water partition coefficient (Wildman–Crippen LogP) is 0.588. The van der Waals surface area contributed by atoms with Crippen LogP contribution in [0.15, 0.2) is 0 Å². The number of rotatable bonds is 12. The van der Waals surface area contributed by atoms with Gasteiger partial charge in [0.1, 0.15) is 6.04 Å². The molecule has 4 heterocycles. The quantitative estimate of drug-likeness (QED) is 0.231. The lowest BCUT2D eigenvalue weighted by Gasteiger charge is -2.35. The third-order valence-corrected chi connectivity index (χ3v) is 11.0. The standard InChI is InChI=1S/C24H39BrN4O5S/c1-2-6-26-21(31)17-18-23(33)29(8-4-3-5-12-30)20(24(18)15-16(25)19(17)35-24)22(32)27-7-9-28-10-13-34-14-11-28/h16-20,30H,2-15H2,1H3,(H,26,31)(H,27,32)/t16?,17-,18+,19-,20?,24?/m1/s1. The third kappa shape index (κ3) is 5.39. The molecule has 0 aromatic rings. The molecule has 0 radical (unpaired) electrons. The van der Waals surface area contributed by atoms with E-state index < -0.39 is 22.6 Å². The number of morpholine rings is 1. The Bertz CT molecular complexity index is 785. The topological polar surface area (TPSA) is 111 Å². The summed E-state index contributed by atoms with van der Waals surface area (Å²) in [5, 5.41) is 15.3. The van der Waals surface area contributed by atoms with E-state index in [2.05, 4.69) is 31.5 Å². The van der Waals surface area contributed by atoms with E-state index in [4.69, 9.17) is 9.84 Å². The fourth-order valence-electron chi connectivity index (χ4n) is 6.17. The van der Waals surface area contributed by atoms with Gasteiger partial charge in [-0.05, 0) is 32.1 Å². The van der Waals surface area contributed by atoms with E-state index in [1.54, 1.807) is 16.7 Å². The molecule has 4 rings (SSSR count). The molecule has 4 aliphatic heterocycles. The second-order valence-electron chi connectivity index (χ2n) is 10.0. The normalized spacial score (nSPS) is 34.3. The highest BCUT2D eigenvalue weighted by molar-refractivity contribution is 9.09. The third-order valence-electron chi connectivity index (χ3n) is 7.78. The van der Waals surface area contributed by atoms with Crippen LogP contribution in [0.1, 0.15) is 39.0 Å². The van der Waals surface area contributed by atoms with Gasteiger partial charge >= 0.3 is 0 Å². The van der Waals surface area contributed by atoms with Gasteiger partial charge in [-0.2, -0.15) is 0 Å². The number of thioether (sulfide) groups is 1. The van der Waals surface area contributed by atoms with Crippen LogP contribution in [0.3, 0.4) is 0 Å². The summed E-state index contributed by atoms with van der Waals surface area (Å²) in [4.78, 5) is 44.8. The van der Waals surface area contributed by atoms with Crippen molar-refractivity contribution in [3.63, 3.8) is 0 Å². The molecular weight excluding hydrogens is 536 g/mol. The van der Waals surface area contributed by atoms with Crippen molar-refractivity contribution in [2.75, 3.05) is 59.1 Å². The van der Waals surface area contributed by atoms with Crippen molar-refractivity contribution in [1.29, 1.82) is 0 Å². The lowest BCUT2D eigenvalue weighted by molar-refractivity contribution is -0.140. The number of alkyl halides is 1. The molecule has 0 aliphatic carbocycles. The Kier molecular flexibility index (Phi) is 9.40. The van der Waals surface area contributed by atoms with Crippen LogP contribution in [-0.2, 0) is 19.1 Å². The molecule has 6 atom stereocenters. The number of carbonyl (C=O) groups excluding carboxylic acids is 3. The van der Waals surface area contributed by atoms with Crippen LogP contribution in [0.5, 0.6) is 0 Å². The van der Waals surface area contributed by atoms with Crippen molar-refractivity contribution in [3.05, 3.63) is 0 Å². The summed E-state index contributed by atoms with van der Waals surface area (Å²) in [6.07, 6.45) is 3.73. The first kappa shape index (κ1) is 27.2. The van der Waals surface area contributed by atoms with Crippen molar-refractivity contribution in [2.24, 2.45) is 11.8 Å². The first-order valence-electron chi connectivity index (χ1n) is 13.0. The summed E-state index contributed by atoms with van der Waals surface area (Å²) in [6, 6.07) is -0.585. The van der Waals surface area contributed by atoms with E-state index in [1.807, 2.05) is 6.92 Å². The first-order valence-corrected chi connectivity index (χ1v) is 14.8. The maximum absolute atomic E-state index is 13.8. The molecule has 198 valence electrons. The molecular formula is C24H39BrN4O5S. The summed E-state index contributed by atoms with van der Waals surface area (Å²) in [5.41, 5.74) is 0. The number of unbranched alkanes of at least 4 members (excludes halogenated alkanes) is 2. The Morgan fingerprint density at radius 1 is 1.14 bits per heavy atom. The average molecular weight is 576 g/mol. The Labute approximate surface area is 220 Å². The van der Waals surface area contributed by atoms with Gasteiger partial charge in [0.05, 0.1) is 29.8 Å². The van der Waals surface area contributed by atoms with Crippen LogP contribution in [-0.4, -0.2) is 113 Å². The van der Waals surface area contributed by atoms with Gasteiger partial charge in [0.2, 0.25) is 17.7 Å². The van der Waals surface area contributed by atoms with Crippen molar-refractivity contribution >= 4 is 45.4 Å². The zero-order chi connectivity index (χ0) is 25.0. The van der Waals surface area contributed by atoms with Crippen molar-refractivity contribution < 1.29 is 24.2 Å². The number of ether oxygens (including phenoxy) is 1. The SMILES string of the molecule is CCCNC(=O)[C@H]1[C@@H]2SC3(CC2Br)C(C(=O)NCCN2CCOCC2)N(CCCCCO)C(=O)[C@H]13. The number of hydrogen-bond acceptors (Lipinski definition) is 7. The van der Waals surface area contributed by atoms with Gasteiger partial charge in [-0.3, -0.25) is 19.3 Å². The molecule has 11 heteroatoms. The highest BCUT2D eigenvalue weighted by Crippen LogP contribution is 2.67. The molecule has 0 aromatic carbocycles. The van der Waals surface area contributed by atoms with E-state index in [-0.39, 0.29) is 34.4 Å². The van der Waals surface area contributed by atoms with Gasteiger partial charge < -0.3 is 25.4 Å². The minimum absolute atomic E-state index is 0.0130. The second kappa shape index (κ2) is 12.1. The molecule has 3 unspecified atom stereocenters. The maximum atomic E-state index is 13.8. The molecule has 1 spiro atoms. The number of nitrogens with zero attached hydrogens (tertiary/aromatic N) is 2. The number of carbonyl (C=O) groups is 3. The van der Waals surface area contributed by atoms with Crippen LogP contribution in [0.25, 0.3) is 0 Å². The van der Waals surface area contributed by atoms with Gasteiger partial charge in [0.25, 0.3) is 0 Å². The number of likely N-dealkylation sites (tertiary alicyclic amines) is 1. The number of halogens is 1. The Hall–Kier alpha value is -0.880. The molecule has 0 aromatic heterocycles. The van der Waals surface area contributed by atoms with E-state index in [1.165, 1.54) is 0 Å². The number of nitrogens with one attached hydrogen (secondary N) is 2. The number of hydrogen-bond donors (Lipinski definition) is 3. The summed E-state index contributed by atoms with van der Waals surface area (Å²) < 4.78 is 4.81. The van der Waals surface area contributed by atoms with E-state index in [0.717, 1.165) is 38.9 Å². The predicted molar refractivity (Wildman–Crippen MR) is 138 cm³/mol. The number of aliphatic hydroxyl groups excluding tert-OH is 1. The van der Waals surface area contributed by atoms with Crippen LogP contribution in [0.4, 0.5) is 0 Å². The monoisotopic (exact) mass is 574 g/mol. The average Bonchev–Trinajstić information content (AvgIpc) is 3.44. The Morgan fingerprint density at radius 2 is 1.89 bits per heavy atom. The molecule has 2 bridgehead atoms.